The van der Waals surface area contributed by atoms with Gasteiger partial charge in [0, 0.05) is 12.0 Å². The highest BCUT2D eigenvalue weighted by Crippen LogP contribution is 2.42. The smallest absolute Gasteiger partial charge is 0.337 e. The van der Waals surface area contributed by atoms with E-state index in [0.717, 1.165) is 31.5 Å². The number of H-pyrrole nitrogens is 1. The van der Waals surface area contributed by atoms with E-state index in [2.05, 4.69) is 10.3 Å². The van der Waals surface area contributed by atoms with E-state index < -0.39 is 5.97 Å². The van der Waals surface area contributed by atoms with E-state index in [0.29, 0.717) is 28.4 Å². The molecule has 4 rings (SSSR count). The van der Waals surface area contributed by atoms with Crippen LogP contribution in [0.3, 0.4) is 0 Å². The predicted molar refractivity (Wildman–Crippen MR) is 127 cm³/mol. The summed E-state index contributed by atoms with van der Waals surface area (Å²) in [5.41, 5.74) is 1.46. The Bertz CT molecular complexity index is 1250. The van der Waals surface area contributed by atoms with Crippen molar-refractivity contribution in [3.8, 4) is 17.2 Å². The number of esters is 1. The first-order chi connectivity index (χ1) is 16.5. The lowest BCUT2D eigenvalue weighted by atomic mass is 9.79. The Kier molecular flexibility index (Phi) is 7.02. The Morgan fingerprint density at radius 3 is 2.41 bits per heavy atom. The molecule has 0 spiro atoms. The standard InChI is InChI=1S/C25H29N3O6/c1-31-18-13-17-20(22(33-3)21(18)32-2)24(29)28-23(27-17)19(14-8-10-26-11-9-14)15-6-5-7-16(12-15)25(30)34-4/h5-7,12-14,19,26H,8-11H2,1-4H3,(H,27,28,29). The second-order valence-corrected chi connectivity index (χ2v) is 8.17. The number of rotatable bonds is 7. The highest BCUT2D eigenvalue weighted by molar-refractivity contribution is 5.90. The van der Waals surface area contributed by atoms with Crippen molar-refractivity contribution in [3.05, 3.63) is 57.6 Å². The molecule has 0 aliphatic carbocycles. The molecule has 0 bridgehead atoms. The molecule has 180 valence electrons. The van der Waals surface area contributed by atoms with Crippen LogP contribution in [-0.2, 0) is 4.74 Å². The van der Waals surface area contributed by atoms with Gasteiger partial charge in [-0.2, -0.15) is 0 Å². The third-order valence-corrected chi connectivity index (χ3v) is 6.34. The normalized spacial score (nSPS) is 15.1. The Labute approximate surface area is 197 Å². The maximum atomic E-state index is 13.3. The van der Waals surface area contributed by atoms with Gasteiger partial charge < -0.3 is 29.2 Å². The number of ether oxygens (including phenoxy) is 4. The molecule has 9 heteroatoms. The van der Waals surface area contributed by atoms with Crippen LogP contribution >= 0.6 is 0 Å². The van der Waals surface area contributed by atoms with Crippen molar-refractivity contribution in [3.63, 3.8) is 0 Å². The van der Waals surface area contributed by atoms with Crippen molar-refractivity contribution in [2.24, 2.45) is 5.92 Å². The van der Waals surface area contributed by atoms with Gasteiger partial charge in [-0.15, -0.1) is 0 Å². The minimum Gasteiger partial charge on any atom is -0.493 e. The zero-order valence-corrected chi connectivity index (χ0v) is 19.8. The van der Waals surface area contributed by atoms with Crippen molar-refractivity contribution in [1.82, 2.24) is 15.3 Å². The quantitative estimate of drug-likeness (QED) is 0.510. The van der Waals surface area contributed by atoms with Crippen LogP contribution < -0.4 is 25.1 Å². The van der Waals surface area contributed by atoms with Crippen LogP contribution in [0, 0.1) is 5.92 Å². The van der Waals surface area contributed by atoms with E-state index in [1.165, 1.54) is 28.4 Å². The number of fused-ring (bicyclic) bond motifs is 1. The van der Waals surface area contributed by atoms with Gasteiger partial charge in [-0.3, -0.25) is 4.79 Å². The van der Waals surface area contributed by atoms with Gasteiger partial charge in [0.2, 0.25) is 5.75 Å². The molecule has 1 saturated heterocycles. The van der Waals surface area contributed by atoms with Crippen LogP contribution in [0.4, 0.5) is 0 Å². The fourth-order valence-electron chi connectivity index (χ4n) is 4.74. The third-order valence-electron chi connectivity index (χ3n) is 6.34. The Hall–Kier alpha value is -3.59. The summed E-state index contributed by atoms with van der Waals surface area (Å²) >= 11 is 0. The van der Waals surface area contributed by atoms with Gasteiger partial charge in [0.1, 0.15) is 11.2 Å². The molecule has 1 fully saturated rings. The zero-order valence-electron chi connectivity index (χ0n) is 19.8. The number of piperidine rings is 1. The second kappa shape index (κ2) is 10.1. The van der Waals surface area contributed by atoms with E-state index in [1.54, 1.807) is 12.1 Å². The maximum absolute atomic E-state index is 13.3. The number of carbonyl (C=O) groups is 1. The van der Waals surface area contributed by atoms with Gasteiger partial charge >= 0.3 is 5.97 Å². The highest BCUT2D eigenvalue weighted by atomic mass is 16.5. The average Bonchev–Trinajstić information content (AvgIpc) is 2.87. The average molecular weight is 468 g/mol. The molecule has 2 aromatic carbocycles. The van der Waals surface area contributed by atoms with Gasteiger partial charge in [-0.1, -0.05) is 12.1 Å². The molecular weight excluding hydrogens is 438 g/mol. The Balaban J connectivity index is 1.93. The number of aromatic amines is 1. The number of methoxy groups -OCH3 is 4. The van der Waals surface area contributed by atoms with Gasteiger partial charge in [-0.25, -0.2) is 9.78 Å². The molecule has 1 aromatic heterocycles. The topological polar surface area (TPSA) is 112 Å². The van der Waals surface area contributed by atoms with Gasteiger partial charge in [0.05, 0.1) is 39.5 Å². The van der Waals surface area contributed by atoms with Crippen LogP contribution in [0.2, 0.25) is 0 Å². The van der Waals surface area contributed by atoms with Crippen molar-refractivity contribution in [1.29, 1.82) is 0 Å². The van der Waals surface area contributed by atoms with Crippen molar-refractivity contribution >= 4 is 16.9 Å². The summed E-state index contributed by atoms with van der Waals surface area (Å²) < 4.78 is 21.3. The van der Waals surface area contributed by atoms with E-state index >= 15 is 0 Å². The summed E-state index contributed by atoms with van der Waals surface area (Å²) in [6.07, 6.45) is 1.81. The lowest BCUT2D eigenvalue weighted by Gasteiger charge is -2.31. The van der Waals surface area contributed by atoms with E-state index in [-0.39, 0.29) is 28.5 Å². The number of hydrogen-bond acceptors (Lipinski definition) is 8. The highest BCUT2D eigenvalue weighted by Gasteiger charge is 2.30. The second-order valence-electron chi connectivity index (χ2n) is 8.17. The predicted octanol–water partition coefficient (Wildman–Crippen LogP) is 2.87. The van der Waals surface area contributed by atoms with E-state index in [1.807, 2.05) is 18.2 Å². The summed E-state index contributed by atoms with van der Waals surface area (Å²) in [6, 6.07) is 9.00. The first-order valence-corrected chi connectivity index (χ1v) is 11.1. The molecule has 0 saturated carbocycles. The van der Waals surface area contributed by atoms with Crippen LogP contribution in [-0.4, -0.2) is 57.5 Å². The van der Waals surface area contributed by atoms with Crippen molar-refractivity contribution in [2.45, 2.75) is 18.8 Å². The Morgan fingerprint density at radius 2 is 1.76 bits per heavy atom. The number of nitrogens with one attached hydrogen (secondary N) is 2. The number of benzene rings is 2. The molecule has 1 aliphatic rings. The Morgan fingerprint density at radius 1 is 1.03 bits per heavy atom. The molecule has 3 aromatic rings. The van der Waals surface area contributed by atoms with Gasteiger partial charge in [0.25, 0.3) is 5.56 Å². The molecule has 1 aliphatic heterocycles. The molecule has 1 atom stereocenters. The first kappa shape index (κ1) is 23.6. The van der Waals surface area contributed by atoms with Crippen LogP contribution in [0.1, 0.15) is 40.5 Å². The molecule has 1 unspecified atom stereocenters. The fraction of sp³-hybridized carbons (Fsp3) is 0.400. The minimum atomic E-state index is -0.410. The summed E-state index contributed by atoms with van der Waals surface area (Å²) in [5, 5.41) is 3.67. The van der Waals surface area contributed by atoms with Crippen LogP contribution in [0.15, 0.2) is 35.1 Å². The lowest BCUT2D eigenvalue weighted by Crippen LogP contribution is -2.32. The molecular formula is C25H29N3O6. The van der Waals surface area contributed by atoms with Crippen molar-refractivity contribution in [2.75, 3.05) is 41.5 Å². The molecule has 9 nitrogen and oxygen atoms in total. The summed E-state index contributed by atoms with van der Waals surface area (Å²) in [5.74, 6) is 1.14. The van der Waals surface area contributed by atoms with Crippen LogP contribution in [0.5, 0.6) is 17.2 Å². The van der Waals surface area contributed by atoms with Crippen molar-refractivity contribution < 1.29 is 23.7 Å². The maximum Gasteiger partial charge on any atom is 0.337 e. The molecule has 2 N–H and O–H groups in total. The number of hydrogen-bond donors (Lipinski definition) is 2. The zero-order chi connectivity index (χ0) is 24.2. The number of carbonyl (C=O) groups excluding carboxylic acids is 1. The third kappa shape index (κ3) is 4.31. The summed E-state index contributed by atoms with van der Waals surface area (Å²) in [7, 11) is 5.84. The molecule has 0 amide bonds. The molecule has 0 radical (unpaired) electrons. The first-order valence-electron chi connectivity index (χ1n) is 11.1. The number of aromatic nitrogens is 2. The SMILES string of the molecule is COC(=O)c1cccc(C(c2nc3cc(OC)c(OC)c(OC)c3c(=O)[nH]2)C2CCNCC2)c1. The largest absolute Gasteiger partial charge is 0.493 e. The number of nitrogens with zero attached hydrogens (tertiary/aromatic N) is 1. The monoisotopic (exact) mass is 467 g/mol. The lowest BCUT2D eigenvalue weighted by molar-refractivity contribution is 0.0600. The van der Waals surface area contributed by atoms with E-state index in [9.17, 15) is 9.59 Å². The molecule has 34 heavy (non-hydrogen) atoms. The fourth-order valence-corrected chi connectivity index (χ4v) is 4.74. The van der Waals surface area contributed by atoms with E-state index in [4.69, 9.17) is 23.9 Å². The summed E-state index contributed by atoms with van der Waals surface area (Å²) in [6.45, 7) is 1.74. The van der Waals surface area contributed by atoms with Gasteiger partial charge in [-0.05, 0) is 49.5 Å². The minimum absolute atomic E-state index is 0.219. The van der Waals surface area contributed by atoms with Gasteiger partial charge in [0.15, 0.2) is 11.5 Å². The molecule has 2 heterocycles. The van der Waals surface area contributed by atoms with Crippen LogP contribution in [0.25, 0.3) is 10.9 Å². The summed E-state index contributed by atoms with van der Waals surface area (Å²) in [4.78, 5) is 33.4.